The van der Waals surface area contributed by atoms with Gasteiger partial charge < -0.3 is 5.11 Å². The van der Waals surface area contributed by atoms with Crippen LogP contribution >= 0.6 is 0 Å². The van der Waals surface area contributed by atoms with Gasteiger partial charge in [0.2, 0.25) is 0 Å². The molecule has 2 rings (SSSR count). The first-order chi connectivity index (χ1) is 8.09. The molecule has 0 aromatic heterocycles. The van der Waals surface area contributed by atoms with Crippen molar-refractivity contribution in [2.24, 2.45) is 17.3 Å². The van der Waals surface area contributed by atoms with Crippen molar-refractivity contribution in [2.45, 2.75) is 70.8 Å². The lowest BCUT2D eigenvalue weighted by Crippen LogP contribution is -2.44. The van der Waals surface area contributed by atoms with Crippen molar-refractivity contribution >= 4 is 0 Å². The third-order valence-corrected chi connectivity index (χ3v) is 5.47. The minimum Gasteiger partial charge on any atom is -0.388 e. The Balaban J connectivity index is 2.17. The summed E-state index contributed by atoms with van der Waals surface area (Å²) in [6.45, 7) is 4.39. The van der Waals surface area contributed by atoms with E-state index in [9.17, 15) is 10.4 Å². The molecule has 4 unspecified atom stereocenters. The zero-order valence-corrected chi connectivity index (χ0v) is 11.2. The van der Waals surface area contributed by atoms with Gasteiger partial charge in [-0.3, -0.25) is 0 Å². The molecular formula is C15H25NO. The minimum absolute atomic E-state index is 0.433. The minimum atomic E-state index is -0.688. The summed E-state index contributed by atoms with van der Waals surface area (Å²) in [6.07, 6.45) is 8.05. The molecule has 2 heteroatoms. The van der Waals surface area contributed by atoms with Crippen molar-refractivity contribution in [1.82, 2.24) is 0 Å². The van der Waals surface area contributed by atoms with Gasteiger partial charge in [-0.05, 0) is 50.4 Å². The molecule has 4 atom stereocenters. The highest BCUT2D eigenvalue weighted by molar-refractivity contribution is 5.16. The summed E-state index contributed by atoms with van der Waals surface area (Å²) < 4.78 is 0. The van der Waals surface area contributed by atoms with Gasteiger partial charge in [-0.25, -0.2) is 0 Å². The lowest BCUT2D eigenvalue weighted by Gasteiger charge is -2.38. The van der Waals surface area contributed by atoms with Gasteiger partial charge in [0.25, 0.3) is 0 Å². The summed E-state index contributed by atoms with van der Waals surface area (Å²) >= 11 is 0. The number of aliphatic hydroxyl groups is 1. The van der Waals surface area contributed by atoms with Crippen LogP contribution in [0.1, 0.15) is 65.2 Å². The maximum Gasteiger partial charge on any atom is 0.0863 e. The Labute approximate surface area is 105 Å². The van der Waals surface area contributed by atoms with E-state index in [0.717, 1.165) is 51.4 Å². The van der Waals surface area contributed by atoms with Gasteiger partial charge in [-0.2, -0.15) is 5.26 Å². The molecule has 0 heterocycles. The summed E-state index contributed by atoms with van der Waals surface area (Å²) in [6, 6.07) is 2.52. The van der Waals surface area contributed by atoms with E-state index in [1.165, 1.54) is 0 Å². The molecule has 17 heavy (non-hydrogen) atoms. The fourth-order valence-electron chi connectivity index (χ4n) is 4.03. The topological polar surface area (TPSA) is 44.0 Å². The predicted molar refractivity (Wildman–Crippen MR) is 68.3 cm³/mol. The molecular weight excluding hydrogens is 210 g/mol. The molecule has 0 aromatic carbocycles. The van der Waals surface area contributed by atoms with E-state index in [-0.39, 0.29) is 0 Å². The second kappa shape index (κ2) is 4.61. The van der Waals surface area contributed by atoms with Crippen LogP contribution in [-0.4, -0.2) is 10.7 Å². The maximum atomic E-state index is 10.9. The van der Waals surface area contributed by atoms with Crippen LogP contribution < -0.4 is 0 Å². The first-order valence-electron chi connectivity index (χ1n) is 7.23. The summed E-state index contributed by atoms with van der Waals surface area (Å²) in [4.78, 5) is 0. The summed E-state index contributed by atoms with van der Waals surface area (Å²) in [5.74, 6) is 1.28. The average Bonchev–Trinajstić information content (AvgIpc) is 2.94. The van der Waals surface area contributed by atoms with E-state index < -0.39 is 11.0 Å². The summed E-state index contributed by atoms with van der Waals surface area (Å²) in [7, 11) is 0. The summed E-state index contributed by atoms with van der Waals surface area (Å²) in [5.41, 5.74) is -1.12. The van der Waals surface area contributed by atoms with Crippen molar-refractivity contribution in [3.63, 3.8) is 0 Å². The van der Waals surface area contributed by atoms with Crippen molar-refractivity contribution < 1.29 is 5.11 Å². The van der Waals surface area contributed by atoms with Gasteiger partial charge in [-0.15, -0.1) is 0 Å². The zero-order chi connectivity index (χ0) is 12.5. The first kappa shape index (κ1) is 12.9. The van der Waals surface area contributed by atoms with Gasteiger partial charge in [0.05, 0.1) is 17.1 Å². The quantitative estimate of drug-likeness (QED) is 0.811. The van der Waals surface area contributed by atoms with Gasteiger partial charge in [0, 0.05) is 0 Å². The highest BCUT2D eigenvalue weighted by Gasteiger charge is 2.56. The SMILES string of the molecule is CCC1CCC(O)(C2(C#N)CCC(CC)C2)C1. The van der Waals surface area contributed by atoms with Gasteiger partial charge >= 0.3 is 0 Å². The lowest BCUT2D eigenvalue weighted by molar-refractivity contribution is -0.0518. The Kier molecular flexibility index (Phi) is 3.50. The second-order valence-electron chi connectivity index (χ2n) is 6.26. The molecule has 2 aliphatic carbocycles. The maximum absolute atomic E-state index is 10.9. The molecule has 0 amide bonds. The van der Waals surface area contributed by atoms with E-state index in [2.05, 4.69) is 19.9 Å². The summed E-state index contributed by atoms with van der Waals surface area (Å²) in [5, 5.41) is 20.5. The fraction of sp³-hybridized carbons (Fsp3) is 0.933. The van der Waals surface area contributed by atoms with E-state index >= 15 is 0 Å². The molecule has 0 aliphatic heterocycles. The van der Waals surface area contributed by atoms with E-state index in [1.54, 1.807) is 0 Å². The standard InChI is InChI=1S/C15H25NO/c1-3-12-5-7-14(9-12,11-16)15(17)8-6-13(4-2)10-15/h12-13,17H,3-10H2,1-2H3. The Bertz CT molecular complexity index is 321. The van der Waals surface area contributed by atoms with Crippen molar-refractivity contribution in [3.05, 3.63) is 0 Å². The van der Waals surface area contributed by atoms with Crippen LogP contribution in [0.25, 0.3) is 0 Å². The molecule has 0 bridgehead atoms. The van der Waals surface area contributed by atoms with Crippen molar-refractivity contribution in [3.8, 4) is 6.07 Å². The van der Waals surface area contributed by atoms with Gasteiger partial charge in [0.1, 0.15) is 0 Å². The molecule has 96 valence electrons. The van der Waals surface area contributed by atoms with Crippen LogP contribution in [0.4, 0.5) is 0 Å². The van der Waals surface area contributed by atoms with Crippen LogP contribution in [0.5, 0.6) is 0 Å². The fourth-order valence-corrected chi connectivity index (χ4v) is 4.03. The smallest absolute Gasteiger partial charge is 0.0863 e. The molecule has 2 saturated carbocycles. The lowest BCUT2D eigenvalue weighted by atomic mass is 9.69. The second-order valence-corrected chi connectivity index (χ2v) is 6.26. The molecule has 0 saturated heterocycles. The van der Waals surface area contributed by atoms with E-state index in [4.69, 9.17) is 0 Å². The number of nitriles is 1. The Morgan fingerprint density at radius 2 is 1.71 bits per heavy atom. The molecule has 2 fully saturated rings. The Hall–Kier alpha value is -0.550. The van der Waals surface area contributed by atoms with E-state index in [1.807, 2.05) is 0 Å². The predicted octanol–water partition coefficient (Wildman–Crippen LogP) is 3.65. The number of hydrogen-bond donors (Lipinski definition) is 1. The zero-order valence-electron chi connectivity index (χ0n) is 11.2. The molecule has 2 aliphatic rings. The highest BCUT2D eigenvalue weighted by Crippen LogP contribution is 2.56. The van der Waals surface area contributed by atoms with Crippen LogP contribution in [0, 0.1) is 28.6 Å². The van der Waals surface area contributed by atoms with Crippen molar-refractivity contribution in [2.75, 3.05) is 0 Å². The van der Waals surface area contributed by atoms with Crippen LogP contribution in [-0.2, 0) is 0 Å². The number of rotatable bonds is 3. The molecule has 0 aromatic rings. The molecule has 1 N–H and O–H groups in total. The van der Waals surface area contributed by atoms with Crippen molar-refractivity contribution in [1.29, 1.82) is 5.26 Å². The van der Waals surface area contributed by atoms with Crippen LogP contribution in [0.2, 0.25) is 0 Å². The largest absolute Gasteiger partial charge is 0.388 e. The molecule has 2 nitrogen and oxygen atoms in total. The monoisotopic (exact) mass is 235 g/mol. The van der Waals surface area contributed by atoms with Crippen LogP contribution in [0.3, 0.4) is 0 Å². The number of nitrogens with zero attached hydrogens (tertiary/aromatic N) is 1. The first-order valence-corrected chi connectivity index (χ1v) is 7.23. The Morgan fingerprint density at radius 3 is 2.18 bits per heavy atom. The third kappa shape index (κ3) is 1.99. The van der Waals surface area contributed by atoms with Crippen LogP contribution in [0.15, 0.2) is 0 Å². The highest BCUT2D eigenvalue weighted by atomic mass is 16.3. The third-order valence-electron chi connectivity index (χ3n) is 5.47. The molecule has 0 spiro atoms. The normalized spacial score (nSPS) is 46.0. The molecule has 0 radical (unpaired) electrons. The number of hydrogen-bond acceptors (Lipinski definition) is 2. The van der Waals surface area contributed by atoms with E-state index in [0.29, 0.717) is 11.8 Å². The Morgan fingerprint density at radius 1 is 1.12 bits per heavy atom. The average molecular weight is 235 g/mol. The van der Waals surface area contributed by atoms with Gasteiger partial charge in [0.15, 0.2) is 0 Å². The van der Waals surface area contributed by atoms with Gasteiger partial charge in [-0.1, -0.05) is 26.7 Å².